The van der Waals surface area contributed by atoms with Gasteiger partial charge in [-0.1, -0.05) is 24.0 Å². The minimum absolute atomic E-state index is 0.131. The number of hydrogen-bond donors (Lipinski definition) is 1. The van der Waals surface area contributed by atoms with E-state index in [1.807, 2.05) is 6.92 Å². The number of halogens is 1. The molecule has 0 saturated carbocycles. The van der Waals surface area contributed by atoms with Crippen LogP contribution in [0.25, 0.3) is 6.08 Å². The summed E-state index contributed by atoms with van der Waals surface area (Å²) >= 11 is 9.76. The molecule has 0 bridgehead atoms. The van der Waals surface area contributed by atoms with Gasteiger partial charge in [-0.2, -0.15) is 0 Å². The molecule has 1 saturated heterocycles. The summed E-state index contributed by atoms with van der Waals surface area (Å²) < 4.78 is 11.5. The molecule has 2 rings (SSSR count). The van der Waals surface area contributed by atoms with Gasteiger partial charge in [-0.3, -0.25) is 9.69 Å². The quantitative estimate of drug-likeness (QED) is 0.547. The first-order chi connectivity index (χ1) is 11.4. The number of thioether (sulfide) groups is 1. The number of benzene rings is 1. The van der Waals surface area contributed by atoms with Gasteiger partial charge in [0.25, 0.3) is 5.91 Å². The zero-order valence-corrected chi connectivity index (χ0v) is 16.1. The maximum Gasteiger partial charge on any atom is 0.341 e. The van der Waals surface area contributed by atoms with E-state index in [0.29, 0.717) is 31.6 Å². The van der Waals surface area contributed by atoms with E-state index < -0.39 is 12.6 Å². The zero-order chi connectivity index (χ0) is 17.9. The fraction of sp³-hybridized carbons (Fsp3) is 0.267. The number of rotatable bonds is 6. The monoisotopic (exact) mass is 431 g/mol. The van der Waals surface area contributed by atoms with Gasteiger partial charge in [0.2, 0.25) is 0 Å². The summed E-state index contributed by atoms with van der Waals surface area (Å²) in [4.78, 5) is 25.0. The number of carbonyl (C=O) groups is 2. The Hall–Kier alpha value is -1.58. The Labute approximate surface area is 156 Å². The van der Waals surface area contributed by atoms with Crippen molar-refractivity contribution in [2.24, 2.45) is 0 Å². The third kappa shape index (κ3) is 4.08. The lowest BCUT2D eigenvalue weighted by Crippen LogP contribution is -2.27. The maximum absolute atomic E-state index is 12.3. The van der Waals surface area contributed by atoms with Crippen LogP contribution in [0.4, 0.5) is 0 Å². The SMILES string of the molecule is CCN1C(=O)C(=Cc2cc(Br)c(OCC(=O)O)c(OC)c2)SC1=S. The molecule has 1 aromatic carbocycles. The van der Waals surface area contributed by atoms with Crippen LogP contribution in [0.15, 0.2) is 21.5 Å². The van der Waals surface area contributed by atoms with Gasteiger partial charge in [0.1, 0.15) is 4.32 Å². The Morgan fingerprint density at radius 3 is 2.75 bits per heavy atom. The fourth-order valence-electron chi connectivity index (χ4n) is 2.02. The molecule has 0 spiro atoms. The van der Waals surface area contributed by atoms with Gasteiger partial charge in [0, 0.05) is 6.54 Å². The highest BCUT2D eigenvalue weighted by Gasteiger charge is 2.30. The number of carboxylic acid groups (broad SMARTS) is 1. The standard InChI is InChI=1S/C15H14BrNO5S2/c1-3-17-14(20)11(24-15(17)23)6-8-4-9(16)13(10(5-8)21-2)22-7-12(18)19/h4-6H,3,7H2,1-2H3,(H,18,19). The fourth-order valence-corrected chi connectivity index (χ4v) is 3.98. The molecule has 1 amide bonds. The van der Waals surface area contributed by atoms with Crippen molar-refractivity contribution in [3.05, 3.63) is 27.1 Å². The molecule has 24 heavy (non-hydrogen) atoms. The van der Waals surface area contributed by atoms with E-state index >= 15 is 0 Å². The van der Waals surface area contributed by atoms with Gasteiger partial charge in [-0.15, -0.1) is 0 Å². The van der Waals surface area contributed by atoms with Crippen molar-refractivity contribution < 1.29 is 24.2 Å². The number of amides is 1. The minimum Gasteiger partial charge on any atom is -0.493 e. The Bertz CT molecular complexity index is 735. The highest BCUT2D eigenvalue weighted by atomic mass is 79.9. The molecule has 0 unspecified atom stereocenters. The Morgan fingerprint density at radius 1 is 1.50 bits per heavy atom. The van der Waals surface area contributed by atoms with E-state index in [1.165, 1.54) is 23.8 Å². The summed E-state index contributed by atoms with van der Waals surface area (Å²) in [6.07, 6.45) is 1.71. The summed E-state index contributed by atoms with van der Waals surface area (Å²) in [5.41, 5.74) is 0.706. The van der Waals surface area contributed by atoms with Gasteiger partial charge in [-0.25, -0.2) is 4.79 Å². The van der Waals surface area contributed by atoms with Crippen molar-refractivity contribution >= 4 is 62.2 Å². The molecule has 9 heteroatoms. The van der Waals surface area contributed by atoms with Gasteiger partial charge in [-0.05, 0) is 46.6 Å². The van der Waals surface area contributed by atoms with Crippen LogP contribution in [-0.2, 0) is 9.59 Å². The molecule has 1 fully saturated rings. The maximum atomic E-state index is 12.3. The van der Waals surface area contributed by atoms with Gasteiger partial charge in [0.05, 0.1) is 16.5 Å². The van der Waals surface area contributed by atoms with Crippen molar-refractivity contribution in [3.8, 4) is 11.5 Å². The van der Waals surface area contributed by atoms with Crippen molar-refractivity contribution in [2.75, 3.05) is 20.3 Å². The number of nitrogens with zero attached hydrogens (tertiary/aromatic N) is 1. The largest absolute Gasteiger partial charge is 0.493 e. The smallest absolute Gasteiger partial charge is 0.341 e. The highest BCUT2D eigenvalue weighted by molar-refractivity contribution is 9.10. The molecular formula is C15H14BrNO5S2. The van der Waals surface area contributed by atoms with Crippen LogP contribution in [0, 0.1) is 0 Å². The average molecular weight is 432 g/mol. The Kier molecular flexibility index (Phi) is 6.25. The highest BCUT2D eigenvalue weighted by Crippen LogP contribution is 2.39. The van der Waals surface area contributed by atoms with Crippen LogP contribution in [0.1, 0.15) is 12.5 Å². The minimum atomic E-state index is -1.09. The summed E-state index contributed by atoms with van der Waals surface area (Å²) in [6, 6.07) is 3.39. The van der Waals surface area contributed by atoms with E-state index in [-0.39, 0.29) is 11.7 Å². The van der Waals surface area contributed by atoms with E-state index in [0.717, 1.165) is 0 Å². The van der Waals surface area contributed by atoms with Crippen LogP contribution < -0.4 is 9.47 Å². The van der Waals surface area contributed by atoms with Crippen molar-refractivity contribution in [3.63, 3.8) is 0 Å². The number of aliphatic carboxylic acids is 1. The number of hydrogen-bond acceptors (Lipinski definition) is 6. The van der Waals surface area contributed by atoms with E-state index in [9.17, 15) is 9.59 Å². The average Bonchev–Trinajstić information content (AvgIpc) is 2.79. The van der Waals surface area contributed by atoms with Crippen molar-refractivity contribution in [1.29, 1.82) is 0 Å². The first-order valence-electron chi connectivity index (χ1n) is 6.84. The molecule has 1 heterocycles. The number of carboxylic acids is 1. The molecule has 0 atom stereocenters. The number of thiocarbonyl (C=S) groups is 1. The molecule has 128 valence electrons. The van der Waals surface area contributed by atoms with E-state index in [1.54, 1.807) is 18.2 Å². The lowest BCUT2D eigenvalue weighted by molar-refractivity contribution is -0.139. The molecule has 1 N–H and O–H groups in total. The van der Waals surface area contributed by atoms with Gasteiger partial charge < -0.3 is 14.6 Å². The van der Waals surface area contributed by atoms with Crippen LogP contribution in [0.3, 0.4) is 0 Å². The Balaban J connectivity index is 2.34. The molecule has 0 radical (unpaired) electrons. The van der Waals surface area contributed by atoms with Crippen molar-refractivity contribution in [1.82, 2.24) is 4.90 Å². The second-order valence-electron chi connectivity index (χ2n) is 4.64. The zero-order valence-electron chi connectivity index (χ0n) is 12.9. The van der Waals surface area contributed by atoms with Crippen molar-refractivity contribution in [2.45, 2.75) is 6.92 Å². The number of ether oxygens (including phenoxy) is 2. The van der Waals surface area contributed by atoms with Gasteiger partial charge >= 0.3 is 5.97 Å². The van der Waals surface area contributed by atoms with E-state index in [4.69, 9.17) is 26.8 Å². The summed E-state index contributed by atoms with van der Waals surface area (Å²) in [7, 11) is 1.45. The number of likely N-dealkylation sites (N-methyl/N-ethyl adjacent to an activating group) is 1. The molecule has 6 nitrogen and oxygen atoms in total. The van der Waals surface area contributed by atoms with Crippen LogP contribution >= 0.6 is 39.9 Å². The lowest BCUT2D eigenvalue weighted by Gasteiger charge is -2.12. The molecule has 1 aliphatic rings. The molecule has 1 aromatic rings. The predicted octanol–water partition coefficient (Wildman–Crippen LogP) is 3.14. The van der Waals surface area contributed by atoms with Gasteiger partial charge in [0.15, 0.2) is 18.1 Å². The molecule has 0 aliphatic carbocycles. The molecule has 1 aliphatic heterocycles. The number of carbonyl (C=O) groups excluding carboxylic acids is 1. The van der Waals surface area contributed by atoms with Crippen LogP contribution in [0.2, 0.25) is 0 Å². The lowest BCUT2D eigenvalue weighted by atomic mass is 10.2. The molecular weight excluding hydrogens is 418 g/mol. The van der Waals surface area contributed by atoms with E-state index in [2.05, 4.69) is 15.9 Å². The normalized spacial score (nSPS) is 16.0. The first kappa shape index (κ1) is 18.8. The molecule has 0 aromatic heterocycles. The predicted molar refractivity (Wildman–Crippen MR) is 99.4 cm³/mol. The van der Waals surface area contributed by atoms with Crippen LogP contribution in [-0.4, -0.2) is 46.5 Å². The second-order valence-corrected chi connectivity index (χ2v) is 7.17. The summed E-state index contributed by atoms with van der Waals surface area (Å²) in [6.45, 7) is 1.91. The summed E-state index contributed by atoms with van der Waals surface area (Å²) in [5, 5.41) is 8.73. The Morgan fingerprint density at radius 2 is 2.21 bits per heavy atom. The topological polar surface area (TPSA) is 76.1 Å². The number of methoxy groups -OCH3 is 1. The third-order valence-electron chi connectivity index (χ3n) is 3.08. The second kappa shape index (κ2) is 8.00. The van der Waals surface area contributed by atoms with Crippen LogP contribution in [0.5, 0.6) is 11.5 Å². The first-order valence-corrected chi connectivity index (χ1v) is 8.86. The third-order valence-corrected chi connectivity index (χ3v) is 5.05. The summed E-state index contributed by atoms with van der Waals surface area (Å²) in [5.74, 6) is -0.564.